The molecule has 2 atom stereocenters. The van der Waals surface area contributed by atoms with Crippen molar-refractivity contribution in [2.45, 2.75) is 39.3 Å². The number of non-ortho nitro benzene ring substituents is 1. The Morgan fingerprint density at radius 2 is 1.97 bits per heavy atom. The van der Waals surface area contributed by atoms with E-state index in [2.05, 4.69) is 16.7 Å². The van der Waals surface area contributed by atoms with Gasteiger partial charge in [0.25, 0.3) is 11.6 Å². The van der Waals surface area contributed by atoms with Crippen molar-refractivity contribution in [1.82, 2.24) is 10.6 Å². The van der Waals surface area contributed by atoms with Crippen molar-refractivity contribution in [3.05, 3.63) is 61.3 Å². The summed E-state index contributed by atoms with van der Waals surface area (Å²) < 4.78 is 0. The van der Waals surface area contributed by atoms with E-state index in [0.717, 1.165) is 10.4 Å². The van der Waals surface area contributed by atoms with Gasteiger partial charge in [-0.25, -0.2) is 0 Å². The van der Waals surface area contributed by atoms with Gasteiger partial charge in [-0.2, -0.15) is 11.8 Å². The van der Waals surface area contributed by atoms with Crippen molar-refractivity contribution in [1.29, 1.82) is 0 Å². The summed E-state index contributed by atoms with van der Waals surface area (Å²) in [6, 6.07) is 6.62. The molecule has 0 saturated heterocycles. The maximum Gasteiger partial charge on any atom is 0.270 e. The minimum absolute atomic E-state index is 0.151. The number of hydrogen-bond acceptors (Lipinski definition) is 6. The first kappa shape index (κ1) is 22.9. The largest absolute Gasteiger partial charge is 0.348 e. The second-order valence-corrected chi connectivity index (χ2v) is 9.16. The zero-order chi connectivity index (χ0) is 21.6. The molecule has 156 valence electrons. The quantitative estimate of drug-likeness (QED) is 0.458. The number of carbonyl (C=O) groups excluding carboxylic acids is 2. The average Bonchev–Trinajstić information content (AvgIpc) is 3.03. The third-order valence-corrected chi connectivity index (χ3v) is 6.08. The number of nitro benzene ring substituents is 1. The lowest BCUT2D eigenvalue weighted by molar-refractivity contribution is -0.384. The lowest BCUT2D eigenvalue weighted by Gasteiger charge is -2.21. The molecule has 2 aromatic rings. The standard InChI is InChI=1S/C20H25N3O4S2/c1-12-10-17(14(3)29-12)13(2)21-20(25)18(8-9-28-4)22-19(24)15-6-5-7-16(11-15)23(26)27/h5-7,10-11,13,18H,8-9H2,1-4H3,(H,21,25)(H,22,24)/t13-,18+/m0/s1. The van der Waals surface area contributed by atoms with E-state index in [1.165, 1.54) is 29.1 Å². The monoisotopic (exact) mass is 435 g/mol. The SMILES string of the molecule is CSCC[C@@H](NC(=O)c1cccc([N+](=O)[O-])c1)C(=O)N[C@@H](C)c1cc(C)sc1C. The highest BCUT2D eigenvalue weighted by Gasteiger charge is 2.24. The number of nitrogens with one attached hydrogen (secondary N) is 2. The normalized spacial score (nSPS) is 12.8. The molecule has 2 amide bonds. The fourth-order valence-electron chi connectivity index (χ4n) is 2.98. The first-order valence-corrected chi connectivity index (χ1v) is 11.4. The number of aryl methyl sites for hydroxylation is 2. The zero-order valence-corrected chi connectivity index (χ0v) is 18.5. The number of nitrogens with zero attached hydrogens (tertiary/aromatic N) is 1. The topological polar surface area (TPSA) is 101 Å². The lowest BCUT2D eigenvalue weighted by Crippen LogP contribution is -2.47. The molecule has 1 heterocycles. The van der Waals surface area contributed by atoms with Crippen molar-refractivity contribution in [2.24, 2.45) is 0 Å². The molecule has 0 aliphatic rings. The number of rotatable bonds is 9. The molecule has 0 saturated carbocycles. The zero-order valence-electron chi connectivity index (χ0n) is 16.9. The number of benzene rings is 1. The summed E-state index contributed by atoms with van der Waals surface area (Å²) in [5, 5.41) is 16.6. The smallest absolute Gasteiger partial charge is 0.270 e. The molecule has 0 spiro atoms. The Morgan fingerprint density at radius 1 is 1.24 bits per heavy atom. The van der Waals surface area contributed by atoms with Gasteiger partial charge in [0.15, 0.2) is 0 Å². The van der Waals surface area contributed by atoms with Crippen molar-refractivity contribution in [3.63, 3.8) is 0 Å². The molecular weight excluding hydrogens is 410 g/mol. The number of thiophene rings is 1. The average molecular weight is 436 g/mol. The second-order valence-electron chi connectivity index (χ2n) is 6.71. The molecule has 0 fully saturated rings. The molecule has 0 unspecified atom stereocenters. The first-order chi connectivity index (χ1) is 13.7. The first-order valence-electron chi connectivity index (χ1n) is 9.14. The van der Waals surface area contributed by atoms with Crippen molar-refractivity contribution in [3.8, 4) is 0 Å². The second kappa shape index (κ2) is 10.4. The van der Waals surface area contributed by atoms with Crippen LogP contribution >= 0.6 is 23.1 Å². The van der Waals surface area contributed by atoms with Crippen LogP contribution in [0.3, 0.4) is 0 Å². The van der Waals surface area contributed by atoms with Gasteiger partial charge in [-0.05, 0) is 56.9 Å². The van der Waals surface area contributed by atoms with E-state index in [1.807, 2.05) is 27.0 Å². The molecular formula is C20H25N3O4S2. The van der Waals surface area contributed by atoms with E-state index in [0.29, 0.717) is 12.2 Å². The number of amides is 2. The maximum absolute atomic E-state index is 12.9. The minimum atomic E-state index is -0.725. The van der Waals surface area contributed by atoms with Crippen LogP contribution in [0.1, 0.15) is 45.1 Å². The Hall–Kier alpha value is -2.39. The van der Waals surface area contributed by atoms with Crippen molar-refractivity contribution < 1.29 is 14.5 Å². The Balaban J connectivity index is 2.12. The van der Waals surface area contributed by atoms with E-state index >= 15 is 0 Å². The third-order valence-electron chi connectivity index (χ3n) is 4.46. The van der Waals surface area contributed by atoms with Gasteiger partial charge in [-0.15, -0.1) is 11.3 Å². The van der Waals surface area contributed by atoms with Gasteiger partial charge in [0.2, 0.25) is 5.91 Å². The van der Waals surface area contributed by atoms with E-state index < -0.39 is 16.9 Å². The molecule has 0 aliphatic heterocycles. The highest BCUT2D eigenvalue weighted by Crippen LogP contribution is 2.26. The summed E-state index contributed by atoms with van der Waals surface area (Å²) in [4.78, 5) is 38.2. The van der Waals surface area contributed by atoms with Gasteiger partial charge in [0.1, 0.15) is 6.04 Å². The third kappa shape index (κ3) is 6.30. The maximum atomic E-state index is 12.9. The highest BCUT2D eigenvalue weighted by molar-refractivity contribution is 7.98. The molecule has 0 bridgehead atoms. The summed E-state index contributed by atoms with van der Waals surface area (Å²) >= 11 is 3.26. The fourth-order valence-corrected chi connectivity index (χ4v) is 4.47. The summed E-state index contributed by atoms with van der Waals surface area (Å²) in [6.45, 7) is 5.96. The molecule has 9 heteroatoms. The Bertz CT molecular complexity index is 898. The van der Waals surface area contributed by atoms with Crippen LogP contribution in [-0.2, 0) is 4.79 Å². The van der Waals surface area contributed by atoms with Crippen LogP contribution in [0.15, 0.2) is 30.3 Å². The van der Waals surface area contributed by atoms with Crippen LogP contribution in [0.2, 0.25) is 0 Å². The minimum Gasteiger partial charge on any atom is -0.348 e. The number of hydrogen-bond donors (Lipinski definition) is 2. The predicted octanol–water partition coefficient (Wildman–Crippen LogP) is 4.00. The van der Waals surface area contributed by atoms with Gasteiger partial charge >= 0.3 is 0 Å². The molecule has 1 aromatic heterocycles. The van der Waals surface area contributed by atoms with Crippen LogP contribution in [0, 0.1) is 24.0 Å². The molecule has 2 rings (SSSR count). The van der Waals surface area contributed by atoms with Gasteiger partial charge in [0.05, 0.1) is 11.0 Å². The van der Waals surface area contributed by atoms with Crippen molar-refractivity contribution >= 4 is 40.6 Å². The molecule has 0 radical (unpaired) electrons. The van der Waals surface area contributed by atoms with E-state index in [1.54, 1.807) is 23.1 Å². The lowest BCUT2D eigenvalue weighted by atomic mass is 10.1. The molecule has 7 nitrogen and oxygen atoms in total. The van der Waals surface area contributed by atoms with E-state index in [-0.39, 0.29) is 23.2 Å². The van der Waals surface area contributed by atoms with Crippen LogP contribution < -0.4 is 10.6 Å². The fraction of sp³-hybridized carbons (Fsp3) is 0.400. The summed E-state index contributed by atoms with van der Waals surface area (Å²) in [6.07, 6.45) is 2.39. The van der Waals surface area contributed by atoms with Gasteiger partial charge in [0, 0.05) is 27.5 Å². The number of carbonyl (C=O) groups is 2. The Kier molecular flexibility index (Phi) is 8.21. The number of nitro groups is 1. The van der Waals surface area contributed by atoms with E-state index in [4.69, 9.17) is 0 Å². The van der Waals surface area contributed by atoms with Gasteiger partial charge in [-0.1, -0.05) is 6.07 Å². The van der Waals surface area contributed by atoms with Gasteiger partial charge in [-0.3, -0.25) is 19.7 Å². The predicted molar refractivity (Wildman–Crippen MR) is 118 cm³/mol. The van der Waals surface area contributed by atoms with E-state index in [9.17, 15) is 19.7 Å². The molecule has 2 N–H and O–H groups in total. The van der Waals surface area contributed by atoms with Crippen LogP contribution in [-0.4, -0.2) is 34.8 Å². The molecule has 1 aromatic carbocycles. The van der Waals surface area contributed by atoms with Crippen LogP contribution in [0.4, 0.5) is 5.69 Å². The molecule has 29 heavy (non-hydrogen) atoms. The molecule has 0 aliphatic carbocycles. The van der Waals surface area contributed by atoms with Gasteiger partial charge < -0.3 is 10.6 Å². The summed E-state index contributed by atoms with van der Waals surface area (Å²) in [7, 11) is 0. The van der Waals surface area contributed by atoms with Crippen LogP contribution in [0.25, 0.3) is 0 Å². The van der Waals surface area contributed by atoms with Crippen LogP contribution in [0.5, 0.6) is 0 Å². The summed E-state index contributed by atoms with van der Waals surface area (Å²) in [5.41, 5.74) is 1.05. The van der Waals surface area contributed by atoms with Crippen molar-refractivity contribution in [2.75, 3.05) is 12.0 Å². The number of thioether (sulfide) groups is 1. The Morgan fingerprint density at radius 3 is 2.55 bits per heavy atom. The Labute approximate surface area is 178 Å². The highest BCUT2D eigenvalue weighted by atomic mass is 32.2. The summed E-state index contributed by atoms with van der Waals surface area (Å²) in [5.74, 6) is -0.0862.